The lowest BCUT2D eigenvalue weighted by Crippen LogP contribution is -2.30. The van der Waals surface area contributed by atoms with E-state index in [0.29, 0.717) is 41.1 Å². The molecular weight excluding hydrogens is 426 g/mol. The van der Waals surface area contributed by atoms with Gasteiger partial charge < -0.3 is 5.32 Å². The zero-order valence-corrected chi connectivity index (χ0v) is 18.9. The Balaban J connectivity index is 1.53. The van der Waals surface area contributed by atoms with Crippen molar-refractivity contribution < 1.29 is 13.2 Å². The number of sulfonamides is 1. The quantitative estimate of drug-likeness (QED) is 0.627. The minimum absolute atomic E-state index is 0.0673. The first-order chi connectivity index (χ1) is 15.3. The van der Waals surface area contributed by atoms with E-state index in [1.165, 1.54) is 12.1 Å². The summed E-state index contributed by atoms with van der Waals surface area (Å²) in [5.41, 5.74) is 3.78. The lowest BCUT2D eigenvalue weighted by atomic mass is 10.1. The summed E-state index contributed by atoms with van der Waals surface area (Å²) in [6, 6.07) is 11.3. The maximum absolute atomic E-state index is 12.8. The lowest BCUT2D eigenvalue weighted by molar-refractivity contribution is 0.102. The van der Waals surface area contributed by atoms with Crippen molar-refractivity contribution in [2.45, 2.75) is 44.4 Å². The predicted octanol–water partition coefficient (Wildman–Crippen LogP) is 3.75. The summed E-state index contributed by atoms with van der Waals surface area (Å²) in [6.07, 6.45) is 3.52. The fourth-order valence-electron chi connectivity index (χ4n) is 3.49. The maximum atomic E-state index is 12.8. The first-order valence-electron chi connectivity index (χ1n) is 10.5. The molecule has 166 valence electrons. The van der Waals surface area contributed by atoms with Gasteiger partial charge in [0.15, 0.2) is 0 Å². The third-order valence-corrected chi connectivity index (χ3v) is 6.75. The number of carbonyl (C=O) groups is 1. The van der Waals surface area contributed by atoms with E-state index in [1.54, 1.807) is 30.3 Å². The molecule has 0 spiro atoms. The molecule has 2 aromatic carbocycles. The number of nitrogens with zero attached hydrogens (tertiary/aromatic N) is 3. The van der Waals surface area contributed by atoms with Gasteiger partial charge in [-0.1, -0.05) is 12.5 Å². The van der Waals surface area contributed by atoms with Crippen molar-refractivity contribution in [3.05, 3.63) is 59.4 Å². The van der Waals surface area contributed by atoms with Crippen LogP contribution in [-0.4, -0.2) is 36.7 Å². The fourth-order valence-corrected chi connectivity index (χ4v) is 4.62. The third kappa shape index (κ3) is 4.94. The molecule has 1 aliphatic heterocycles. The van der Waals surface area contributed by atoms with Gasteiger partial charge in [0.2, 0.25) is 0 Å². The van der Waals surface area contributed by atoms with Gasteiger partial charge in [0.25, 0.3) is 15.9 Å². The van der Waals surface area contributed by atoms with Crippen molar-refractivity contribution in [3.8, 4) is 0 Å². The predicted molar refractivity (Wildman–Crippen MR) is 124 cm³/mol. The van der Waals surface area contributed by atoms with Crippen LogP contribution < -0.4 is 10.0 Å². The van der Waals surface area contributed by atoms with Gasteiger partial charge in [-0.05, 0) is 63.1 Å². The Morgan fingerprint density at radius 3 is 2.53 bits per heavy atom. The van der Waals surface area contributed by atoms with E-state index in [0.717, 1.165) is 30.7 Å². The highest BCUT2D eigenvalue weighted by molar-refractivity contribution is 7.90. The molecule has 0 saturated heterocycles. The van der Waals surface area contributed by atoms with Gasteiger partial charge in [-0.15, -0.1) is 0 Å². The number of rotatable bonds is 4. The Labute approximate surface area is 187 Å². The number of carbonyl (C=O) groups excluding carboxylic acids is 1. The summed E-state index contributed by atoms with van der Waals surface area (Å²) in [4.78, 5) is 26.1. The van der Waals surface area contributed by atoms with Crippen LogP contribution in [0, 0.1) is 13.8 Å². The Morgan fingerprint density at radius 1 is 0.938 bits per heavy atom. The molecule has 0 atom stereocenters. The van der Waals surface area contributed by atoms with Gasteiger partial charge in [0.05, 0.1) is 27.3 Å². The number of nitrogens with one attached hydrogen (secondary N) is 2. The Bertz CT molecular complexity index is 1320. The molecule has 1 aromatic heterocycles. The summed E-state index contributed by atoms with van der Waals surface area (Å²) in [7, 11) is -3.79. The second kappa shape index (κ2) is 9.04. The van der Waals surface area contributed by atoms with Gasteiger partial charge in [-0.2, -0.15) is 0 Å². The molecule has 8 nitrogen and oxygen atoms in total. The minimum atomic E-state index is -3.79. The Morgan fingerprint density at radius 2 is 1.72 bits per heavy atom. The van der Waals surface area contributed by atoms with Crippen molar-refractivity contribution in [2.75, 3.05) is 11.9 Å². The monoisotopic (exact) mass is 451 g/mol. The van der Waals surface area contributed by atoms with Crippen LogP contribution in [-0.2, 0) is 10.0 Å². The van der Waals surface area contributed by atoms with E-state index in [9.17, 15) is 13.2 Å². The molecule has 32 heavy (non-hydrogen) atoms. The second-order valence-electron chi connectivity index (χ2n) is 7.82. The molecule has 0 saturated carbocycles. The molecule has 3 aromatic rings. The van der Waals surface area contributed by atoms with E-state index in [2.05, 4.69) is 25.0 Å². The van der Waals surface area contributed by atoms with Crippen molar-refractivity contribution in [1.29, 1.82) is 0 Å². The normalized spacial score (nSPS) is 14.5. The standard InChI is InChI=1S/C23H25N5O3S/c1-15-16(2)26-21-13-17(10-11-20(21)25-15)23(29)27-18-7-6-8-19(14-18)32(30,31)28-22-9-4-3-5-12-24-22/h6-8,10-11,13-14H,3-5,9,12H2,1-2H3,(H,24,28)(H,27,29). The van der Waals surface area contributed by atoms with E-state index < -0.39 is 10.0 Å². The van der Waals surface area contributed by atoms with Gasteiger partial charge in [-0.25, -0.2) is 18.4 Å². The first kappa shape index (κ1) is 21.9. The number of aryl methyl sites for hydroxylation is 2. The highest BCUT2D eigenvalue weighted by Gasteiger charge is 2.18. The highest BCUT2D eigenvalue weighted by atomic mass is 32.2. The molecule has 9 heteroatoms. The van der Waals surface area contributed by atoms with Crippen LogP contribution in [0.5, 0.6) is 0 Å². The molecule has 0 radical (unpaired) electrons. The number of benzene rings is 2. The van der Waals surface area contributed by atoms with E-state index >= 15 is 0 Å². The number of aromatic nitrogens is 2. The topological polar surface area (TPSA) is 113 Å². The molecule has 1 aliphatic rings. The summed E-state index contributed by atoms with van der Waals surface area (Å²) in [5.74, 6) is 0.127. The zero-order chi connectivity index (χ0) is 22.7. The number of fused-ring (bicyclic) bond motifs is 1. The molecule has 0 fully saturated rings. The number of hydrogen-bond acceptors (Lipinski definition) is 6. The number of amidine groups is 1. The third-order valence-electron chi connectivity index (χ3n) is 5.37. The molecule has 4 rings (SSSR count). The summed E-state index contributed by atoms with van der Waals surface area (Å²) < 4.78 is 28.2. The van der Waals surface area contributed by atoms with Crippen molar-refractivity contribution in [1.82, 2.24) is 14.7 Å². The summed E-state index contributed by atoms with van der Waals surface area (Å²) in [5, 5.41) is 2.77. The molecule has 1 amide bonds. The minimum Gasteiger partial charge on any atom is -0.322 e. The number of anilines is 1. The van der Waals surface area contributed by atoms with Crippen LogP contribution in [0.3, 0.4) is 0 Å². The SMILES string of the molecule is Cc1nc2ccc(C(=O)Nc3cccc(S(=O)(=O)NC4=NCCCCC4)c3)cc2nc1C. The fraction of sp³-hybridized carbons (Fsp3) is 0.304. The summed E-state index contributed by atoms with van der Waals surface area (Å²) >= 11 is 0. The van der Waals surface area contributed by atoms with Crippen molar-refractivity contribution >= 4 is 38.5 Å². The number of aliphatic imine (C=N–C) groups is 1. The largest absolute Gasteiger partial charge is 0.322 e. The van der Waals surface area contributed by atoms with E-state index in [-0.39, 0.29) is 10.8 Å². The van der Waals surface area contributed by atoms with Gasteiger partial charge in [-0.3, -0.25) is 14.5 Å². The van der Waals surface area contributed by atoms with Crippen LogP contribution in [0.1, 0.15) is 47.4 Å². The zero-order valence-electron chi connectivity index (χ0n) is 18.1. The summed E-state index contributed by atoms with van der Waals surface area (Å²) in [6.45, 7) is 4.39. The van der Waals surface area contributed by atoms with Crippen LogP contribution >= 0.6 is 0 Å². The number of hydrogen-bond donors (Lipinski definition) is 2. The van der Waals surface area contributed by atoms with E-state index in [1.807, 2.05) is 13.8 Å². The molecule has 0 aliphatic carbocycles. The Kier molecular flexibility index (Phi) is 6.18. The molecule has 2 N–H and O–H groups in total. The maximum Gasteiger partial charge on any atom is 0.262 e. The average Bonchev–Trinajstić information content (AvgIpc) is 3.02. The molecule has 2 heterocycles. The number of amides is 1. The highest BCUT2D eigenvalue weighted by Crippen LogP contribution is 2.19. The molecule has 0 unspecified atom stereocenters. The van der Waals surface area contributed by atoms with E-state index in [4.69, 9.17) is 0 Å². The molecule has 0 bridgehead atoms. The van der Waals surface area contributed by atoms with Gasteiger partial charge in [0, 0.05) is 24.2 Å². The van der Waals surface area contributed by atoms with Gasteiger partial charge >= 0.3 is 0 Å². The van der Waals surface area contributed by atoms with Crippen molar-refractivity contribution in [2.24, 2.45) is 4.99 Å². The van der Waals surface area contributed by atoms with Crippen LogP contribution in [0.2, 0.25) is 0 Å². The lowest BCUT2D eigenvalue weighted by Gasteiger charge is -2.11. The smallest absolute Gasteiger partial charge is 0.262 e. The van der Waals surface area contributed by atoms with Crippen LogP contribution in [0.15, 0.2) is 52.4 Å². The van der Waals surface area contributed by atoms with Crippen LogP contribution in [0.25, 0.3) is 11.0 Å². The van der Waals surface area contributed by atoms with Gasteiger partial charge in [0.1, 0.15) is 5.84 Å². The second-order valence-corrected chi connectivity index (χ2v) is 9.51. The van der Waals surface area contributed by atoms with Crippen molar-refractivity contribution in [3.63, 3.8) is 0 Å². The first-order valence-corrected chi connectivity index (χ1v) is 12.0. The average molecular weight is 452 g/mol. The Hall–Kier alpha value is -3.33. The van der Waals surface area contributed by atoms with Crippen LogP contribution in [0.4, 0.5) is 5.69 Å². The molecular formula is C23H25N5O3S.